The zero-order valence-corrected chi connectivity index (χ0v) is 13.8. The first-order valence-electron chi connectivity index (χ1n) is 7.93. The molecular weight excluding hydrogens is 322 g/mol. The number of amides is 1. The van der Waals surface area contributed by atoms with Gasteiger partial charge in [-0.1, -0.05) is 12.1 Å². The van der Waals surface area contributed by atoms with Crippen molar-refractivity contribution in [3.8, 4) is 17.2 Å². The Morgan fingerprint density at radius 3 is 3.00 bits per heavy atom. The Balaban J connectivity index is 1.47. The van der Waals surface area contributed by atoms with E-state index in [4.69, 9.17) is 14.2 Å². The van der Waals surface area contributed by atoms with Gasteiger partial charge in [0.05, 0.1) is 19.4 Å². The number of carbonyl (C=O) groups is 1. The minimum atomic E-state index is -0.255. The molecule has 0 saturated heterocycles. The van der Waals surface area contributed by atoms with Crippen LogP contribution in [-0.2, 0) is 4.79 Å². The first-order chi connectivity index (χ1) is 12.2. The number of nitrogens with one attached hydrogen (secondary N) is 2. The third-order valence-corrected chi connectivity index (χ3v) is 3.40. The predicted octanol–water partition coefficient (Wildman–Crippen LogP) is 2.38. The molecule has 0 aliphatic carbocycles. The average Bonchev–Trinajstić information content (AvgIpc) is 3.08. The molecule has 1 aliphatic heterocycles. The maximum absolute atomic E-state index is 11.8. The van der Waals surface area contributed by atoms with Gasteiger partial charge in [0.25, 0.3) is 5.91 Å². The topological polar surface area (TPSA) is 81.2 Å². The smallest absolute Gasteiger partial charge is 0.259 e. The Labute approximate surface area is 145 Å². The number of nitrogens with zero attached hydrogens (tertiary/aromatic N) is 1. The molecule has 7 heteroatoms. The second-order valence-corrected chi connectivity index (χ2v) is 5.22. The lowest BCUT2D eigenvalue weighted by Crippen LogP contribution is -2.25. The number of hydrogen-bond donors (Lipinski definition) is 2. The number of carbonyl (C=O) groups excluding carboxylic acids is 1. The van der Waals surface area contributed by atoms with Gasteiger partial charge in [-0.05, 0) is 36.8 Å². The highest BCUT2D eigenvalue weighted by molar-refractivity contribution is 5.84. The van der Waals surface area contributed by atoms with E-state index in [0.717, 1.165) is 17.0 Å². The Kier molecular flexibility index (Phi) is 5.36. The van der Waals surface area contributed by atoms with E-state index in [1.165, 1.54) is 0 Å². The quantitative estimate of drug-likeness (QED) is 0.597. The molecular formula is C18H19N3O4. The molecule has 2 aromatic carbocycles. The van der Waals surface area contributed by atoms with Gasteiger partial charge in [0, 0.05) is 11.8 Å². The van der Waals surface area contributed by atoms with Crippen molar-refractivity contribution in [2.75, 3.05) is 25.3 Å². The fourth-order valence-corrected chi connectivity index (χ4v) is 2.26. The Bertz CT molecular complexity index is 777. The summed E-state index contributed by atoms with van der Waals surface area (Å²) in [6.45, 7) is 2.84. The fourth-order valence-electron chi connectivity index (χ4n) is 2.26. The summed E-state index contributed by atoms with van der Waals surface area (Å²) in [6.07, 6.45) is 1.57. The first kappa shape index (κ1) is 16.6. The number of benzene rings is 2. The molecule has 0 saturated carbocycles. The van der Waals surface area contributed by atoms with Crippen LogP contribution in [0.25, 0.3) is 0 Å². The zero-order valence-electron chi connectivity index (χ0n) is 13.8. The van der Waals surface area contributed by atoms with Crippen LogP contribution in [0.15, 0.2) is 47.6 Å². The molecule has 2 N–H and O–H groups in total. The van der Waals surface area contributed by atoms with E-state index in [9.17, 15) is 4.79 Å². The Morgan fingerprint density at radius 2 is 2.12 bits per heavy atom. The molecule has 0 unspecified atom stereocenters. The molecule has 0 radical (unpaired) electrons. The number of rotatable bonds is 7. The minimum Gasteiger partial charge on any atom is -0.494 e. The monoisotopic (exact) mass is 341 g/mol. The summed E-state index contributed by atoms with van der Waals surface area (Å²) in [4.78, 5) is 11.8. The summed E-state index contributed by atoms with van der Waals surface area (Å²) >= 11 is 0. The molecule has 1 amide bonds. The number of ether oxygens (including phenoxy) is 3. The molecule has 2 aromatic rings. The summed E-state index contributed by atoms with van der Waals surface area (Å²) in [7, 11) is 0. The molecule has 0 atom stereocenters. The van der Waals surface area contributed by atoms with Gasteiger partial charge in [0.1, 0.15) is 5.75 Å². The van der Waals surface area contributed by atoms with E-state index >= 15 is 0 Å². The predicted molar refractivity (Wildman–Crippen MR) is 94.4 cm³/mol. The standard InChI is InChI=1S/C18H19N3O4/c1-2-23-15-5-3-4-13(8-15)10-20-21-18(22)11-19-14-6-7-16-17(9-14)25-12-24-16/h3-10,19H,2,11-12H2,1H3,(H,21,22)/b20-10-. The molecule has 1 aliphatic rings. The second kappa shape index (κ2) is 8.05. The van der Waals surface area contributed by atoms with Crippen molar-refractivity contribution < 1.29 is 19.0 Å². The maximum Gasteiger partial charge on any atom is 0.259 e. The van der Waals surface area contributed by atoms with Crippen molar-refractivity contribution in [2.24, 2.45) is 5.10 Å². The second-order valence-electron chi connectivity index (χ2n) is 5.22. The molecule has 1 heterocycles. The van der Waals surface area contributed by atoms with E-state index in [2.05, 4.69) is 15.8 Å². The Hall–Kier alpha value is -3.22. The third kappa shape index (κ3) is 4.63. The molecule has 130 valence electrons. The maximum atomic E-state index is 11.8. The molecule has 0 aromatic heterocycles. The van der Waals surface area contributed by atoms with Crippen molar-refractivity contribution >= 4 is 17.8 Å². The summed E-state index contributed by atoms with van der Waals surface area (Å²) in [5, 5.41) is 6.96. The lowest BCUT2D eigenvalue weighted by atomic mass is 10.2. The van der Waals surface area contributed by atoms with Crippen LogP contribution in [0.4, 0.5) is 5.69 Å². The van der Waals surface area contributed by atoms with Crippen LogP contribution in [0.5, 0.6) is 17.2 Å². The molecule has 7 nitrogen and oxygen atoms in total. The normalized spacial score (nSPS) is 12.2. The molecule has 0 bridgehead atoms. The van der Waals surface area contributed by atoms with Gasteiger partial charge >= 0.3 is 0 Å². The molecule has 0 fully saturated rings. The number of fused-ring (bicyclic) bond motifs is 1. The largest absolute Gasteiger partial charge is 0.494 e. The lowest BCUT2D eigenvalue weighted by Gasteiger charge is -2.06. The number of anilines is 1. The number of hydrazone groups is 1. The summed E-state index contributed by atoms with van der Waals surface area (Å²) < 4.78 is 15.9. The summed E-state index contributed by atoms with van der Waals surface area (Å²) in [5.74, 6) is 1.88. The van der Waals surface area contributed by atoms with Gasteiger partial charge < -0.3 is 19.5 Å². The van der Waals surface area contributed by atoms with Crippen molar-refractivity contribution in [1.29, 1.82) is 0 Å². The van der Waals surface area contributed by atoms with Crippen molar-refractivity contribution in [3.63, 3.8) is 0 Å². The van der Waals surface area contributed by atoms with Crippen LogP contribution in [0.3, 0.4) is 0 Å². The number of hydrogen-bond acceptors (Lipinski definition) is 6. The van der Waals surface area contributed by atoms with Crippen LogP contribution in [0, 0.1) is 0 Å². The van der Waals surface area contributed by atoms with Gasteiger partial charge in [-0.15, -0.1) is 0 Å². The van der Waals surface area contributed by atoms with Crippen LogP contribution in [-0.4, -0.2) is 32.1 Å². The van der Waals surface area contributed by atoms with Crippen LogP contribution in [0.2, 0.25) is 0 Å². The highest BCUT2D eigenvalue weighted by atomic mass is 16.7. The lowest BCUT2D eigenvalue weighted by molar-refractivity contribution is -0.119. The highest BCUT2D eigenvalue weighted by Crippen LogP contribution is 2.34. The van der Waals surface area contributed by atoms with E-state index in [0.29, 0.717) is 18.1 Å². The summed E-state index contributed by atoms with van der Waals surface area (Å²) in [5.41, 5.74) is 4.09. The van der Waals surface area contributed by atoms with Gasteiger partial charge in [-0.3, -0.25) is 4.79 Å². The molecule has 25 heavy (non-hydrogen) atoms. The molecule has 3 rings (SSSR count). The van der Waals surface area contributed by atoms with E-state index in [1.807, 2.05) is 37.3 Å². The van der Waals surface area contributed by atoms with Gasteiger partial charge in [0.15, 0.2) is 11.5 Å². The summed E-state index contributed by atoms with van der Waals surface area (Å²) in [6, 6.07) is 12.9. The minimum absolute atomic E-state index is 0.0932. The van der Waals surface area contributed by atoms with Gasteiger partial charge in [0.2, 0.25) is 6.79 Å². The average molecular weight is 341 g/mol. The van der Waals surface area contributed by atoms with E-state index in [1.54, 1.807) is 18.3 Å². The highest BCUT2D eigenvalue weighted by Gasteiger charge is 2.13. The van der Waals surface area contributed by atoms with Gasteiger partial charge in [-0.2, -0.15) is 5.10 Å². The van der Waals surface area contributed by atoms with Crippen molar-refractivity contribution in [1.82, 2.24) is 5.43 Å². The Morgan fingerprint density at radius 1 is 1.24 bits per heavy atom. The van der Waals surface area contributed by atoms with Crippen molar-refractivity contribution in [2.45, 2.75) is 6.92 Å². The zero-order chi connectivity index (χ0) is 17.5. The van der Waals surface area contributed by atoms with Crippen LogP contribution >= 0.6 is 0 Å². The van der Waals surface area contributed by atoms with Crippen molar-refractivity contribution in [3.05, 3.63) is 48.0 Å². The van der Waals surface area contributed by atoms with E-state index in [-0.39, 0.29) is 19.2 Å². The fraction of sp³-hybridized carbons (Fsp3) is 0.222. The SMILES string of the molecule is CCOc1cccc(/C=N\NC(=O)CNc2ccc3c(c2)OCO3)c1. The van der Waals surface area contributed by atoms with Crippen LogP contribution < -0.4 is 25.0 Å². The third-order valence-electron chi connectivity index (χ3n) is 3.40. The van der Waals surface area contributed by atoms with E-state index < -0.39 is 0 Å². The molecule has 0 spiro atoms. The van der Waals surface area contributed by atoms with Crippen LogP contribution in [0.1, 0.15) is 12.5 Å². The first-order valence-corrected chi connectivity index (χ1v) is 7.93. The van der Waals surface area contributed by atoms with Gasteiger partial charge in [-0.25, -0.2) is 5.43 Å².